The topological polar surface area (TPSA) is 37.3 Å². The van der Waals surface area contributed by atoms with Crippen molar-refractivity contribution in [2.45, 2.75) is 54.6 Å². The maximum absolute atomic E-state index is 13.1. The molecule has 162 valence electrons. The Balaban J connectivity index is 6.24. The Hall–Kier alpha value is -1.58. The van der Waals surface area contributed by atoms with Crippen molar-refractivity contribution < 1.29 is 75.8 Å². The van der Waals surface area contributed by atoms with Gasteiger partial charge in [-0.2, -0.15) is 43.9 Å². The number of alkyl halides is 15. The Labute approximate surface area is 137 Å². The lowest BCUT2D eigenvalue weighted by Gasteiger charge is -2.39. The molecule has 0 aliphatic heterocycles. The molecule has 3 unspecified atom stereocenters. The molecule has 0 saturated heterocycles. The predicted octanol–water partition coefficient (Wildman–Crippen LogP) is 4.53. The molecule has 0 bridgehead atoms. The molecule has 0 aliphatic carbocycles. The van der Waals surface area contributed by atoms with E-state index in [1.54, 1.807) is 0 Å². The molecule has 0 fully saturated rings. The monoisotopic (exact) mass is 442 g/mol. The minimum absolute atomic E-state index is 4.19. The number of rotatable bonds is 9. The van der Waals surface area contributed by atoms with Crippen LogP contribution >= 0.6 is 0 Å². The van der Waals surface area contributed by atoms with Gasteiger partial charge in [0.2, 0.25) is 6.17 Å². The molecule has 0 radical (unpaired) electrons. The van der Waals surface area contributed by atoms with E-state index >= 15 is 0 Å². The van der Waals surface area contributed by atoms with Crippen LogP contribution in [0.5, 0.6) is 0 Å². The summed E-state index contributed by atoms with van der Waals surface area (Å²) in [5, 5.41) is 7.68. The lowest BCUT2D eigenvalue weighted by Crippen LogP contribution is -2.71. The van der Waals surface area contributed by atoms with Gasteiger partial charge in [0.05, 0.1) is 0 Å². The minimum Gasteiger partial charge on any atom is -0.477 e. The Bertz CT molecular complexity index is 545. The third kappa shape index (κ3) is 3.60. The van der Waals surface area contributed by atoms with E-state index in [0.717, 1.165) is 0 Å². The fraction of sp³-hybridized carbons (Fsp3) is 0.900. The van der Waals surface area contributed by atoms with Gasteiger partial charge < -0.3 is 5.11 Å². The van der Waals surface area contributed by atoms with E-state index in [-0.39, 0.29) is 0 Å². The van der Waals surface area contributed by atoms with Gasteiger partial charge >= 0.3 is 35.6 Å². The number of carbonyl (C=O) groups is 1. The van der Waals surface area contributed by atoms with Gasteiger partial charge in [0.25, 0.3) is 6.43 Å². The van der Waals surface area contributed by atoms with Crippen LogP contribution < -0.4 is 0 Å². The molecule has 0 aromatic rings. The van der Waals surface area contributed by atoms with E-state index < -0.39 is 60.5 Å². The maximum Gasteiger partial charge on any atom is 0.410 e. The summed E-state index contributed by atoms with van der Waals surface area (Å²) in [5.41, 5.74) is 0. The molecule has 0 amide bonds. The fourth-order valence-electron chi connectivity index (χ4n) is 1.41. The van der Waals surface area contributed by atoms with Gasteiger partial charge in [-0.05, 0) is 0 Å². The molecule has 0 aromatic heterocycles. The van der Waals surface area contributed by atoms with Crippen LogP contribution in [0.1, 0.15) is 0 Å². The molecule has 0 spiro atoms. The zero-order valence-corrected chi connectivity index (χ0v) is 11.8. The van der Waals surface area contributed by atoms with Crippen LogP contribution in [-0.2, 0) is 4.79 Å². The van der Waals surface area contributed by atoms with Crippen molar-refractivity contribution in [3.05, 3.63) is 0 Å². The third-order valence-corrected chi connectivity index (χ3v) is 3.04. The van der Waals surface area contributed by atoms with E-state index in [1.165, 1.54) is 0 Å². The highest BCUT2D eigenvalue weighted by molar-refractivity contribution is 5.77. The Morgan fingerprint density at radius 1 is 0.630 bits per heavy atom. The molecule has 0 rings (SSSR count). The molecule has 1 N–H and O–H groups in total. The van der Waals surface area contributed by atoms with Gasteiger partial charge in [0.15, 0.2) is 12.3 Å². The standard InChI is InChI=1S/C10H5F15O2/c11-1(2(12)4(14)15)3(13)6(16,17)8(20,21)10(24,25)9(22,23)7(18,19)5(26)27/h1-4H,(H,26,27). The molecule has 27 heavy (non-hydrogen) atoms. The average molecular weight is 442 g/mol. The van der Waals surface area contributed by atoms with Crippen molar-refractivity contribution in [1.82, 2.24) is 0 Å². The lowest BCUT2D eigenvalue weighted by atomic mass is 9.90. The molecular formula is C10H5F15O2. The lowest BCUT2D eigenvalue weighted by molar-refractivity contribution is -0.405. The normalized spacial score (nSPS) is 18.4. The first-order valence-corrected chi connectivity index (χ1v) is 5.95. The summed E-state index contributed by atoms with van der Waals surface area (Å²) in [7, 11) is 0. The van der Waals surface area contributed by atoms with Crippen molar-refractivity contribution in [2.75, 3.05) is 0 Å². The first-order valence-electron chi connectivity index (χ1n) is 5.95. The van der Waals surface area contributed by atoms with Crippen LogP contribution in [0.2, 0.25) is 0 Å². The molecule has 0 aliphatic rings. The molecule has 0 saturated carbocycles. The summed E-state index contributed by atoms with van der Waals surface area (Å²) >= 11 is 0. The average Bonchev–Trinajstić information content (AvgIpc) is 2.51. The zero-order valence-electron chi connectivity index (χ0n) is 11.8. The van der Waals surface area contributed by atoms with Gasteiger partial charge in [-0.3, -0.25) is 0 Å². The summed E-state index contributed by atoms with van der Waals surface area (Å²) in [6.45, 7) is 0. The van der Waals surface area contributed by atoms with Crippen molar-refractivity contribution in [1.29, 1.82) is 0 Å². The van der Waals surface area contributed by atoms with E-state index in [0.29, 0.717) is 0 Å². The van der Waals surface area contributed by atoms with Crippen molar-refractivity contribution in [2.24, 2.45) is 0 Å². The number of halogens is 15. The Morgan fingerprint density at radius 3 is 1.30 bits per heavy atom. The Kier molecular flexibility index (Phi) is 6.69. The van der Waals surface area contributed by atoms with Gasteiger partial charge in [0, 0.05) is 0 Å². The SMILES string of the molecule is O=C(O)C(F)(F)C(F)(F)C(F)(F)C(F)(F)C(F)(F)C(F)C(F)C(F)C(F)F. The largest absolute Gasteiger partial charge is 0.477 e. The fourth-order valence-corrected chi connectivity index (χ4v) is 1.41. The number of hydrogen-bond donors (Lipinski definition) is 1. The summed E-state index contributed by atoms with van der Waals surface area (Å²) in [6, 6.07) is 0. The smallest absolute Gasteiger partial charge is 0.410 e. The van der Waals surface area contributed by atoms with Crippen LogP contribution in [0.15, 0.2) is 0 Å². The molecule has 3 atom stereocenters. The molecule has 0 aromatic carbocycles. The van der Waals surface area contributed by atoms with Gasteiger partial charge in [-0.15, -0.1) is 0 Å². The van der Waals surface area contributed by atoms with Crippen LogP contribution in [0, 0.1) is 0 Å². The number of carboxylic acids is 1. The van der Waals surface area contributed by atoms with Crippen LogP contribution in [0.25, 0.3) is 0 Å². The van der Waals surface area contributed by atoms with Gasteiger partial charge in [-0.1, -0.05) is 0 Å². The van der Waals surface area contributed by atoms with Crippen molar-refractivity contribution in [3.8, 4) is 0 Å². The number of hydrogen-bond acceptors (Lipinski definition) is 1. The van der Waals surface area contributed by atoms with Crippen LogP contribution in [0.4, 0.5) is 65.9 Å². The van der Waals surface area contributed by atoms with Crippen LogP contribution in [-0.4, -0.2) is 65.6 Å². The van der Waals surface area contributed by atoms with Gasteiger partial charge in [0.1, 0.15) is 0 Å². The molecule has 17 heteroatoms. The predicted molar refractivity (Wildman–Crippen MR) is 53.1 cm³/mol. The molecular weight excluding hydrogens is 437 g/mol. The first-order chi connectivity index (χ1) is 11.6. The second kappa shape index (κ2) is 7.10. The summed E-state index contributed by atoms with van der Waals surface area (Å²) in [4.78, 5) is 9.83. The van der Waals surface area contributed by atoms with E-state index in [2.05, 4.69) is 0 Å². The highest BCUT2D eigenvalue weighted by Gasteiger charge is 2.89. The van der Waals surface area contributed by atoms with Crippen molar-refractivity contribution >= 4 is 5.97 Å². The number of carboxylic acid groups (broad SMARTS) is 1. The Morgan fingerprint density at radius 2 is 1.00 bits per heavy atom. The number of aliphatic carboxylic acids is 1. The minimum atomic E-state index is -8.08. The van der Waals surface area contributed by atoms with E-state index in [1.807, 2.05) is 0 Å². The third-order valence-electron chi connectivity index (χ3n) is 3.04. The van der Waals surface area contributed by atoms with Crippen LogP contribution in [0.3, 0.4) is 0 Å². The zero-order chi connectivity index (χ0) is 22.4. The second-order valence-corrected chi connectivity index (χ2v) is 4.85. The first kappa shape index (κ1) is 25.4. The van der Waals surface area contributed by atoms with E-state index in [4.69, 9.17) is 5.11 Å². The second-order valence-electron chi connectivity index (χ2n) is 4.85. The van der Waals surface area contributed by atoms with E-state index in [9.17, 15) is 70.7 Å². The highest BCUT2D eigenvalue weighted by atomic mass is 19.4. The molecule has 2 nitrogen and oxygen atoms in total. The molecule has 0 heterocycles. The quantitative estimate of drug-likeness (QED) is 0.534. The van der Waals surface area contributed by atoms with Crippen molar-refractivity contribution in [3.63, 3.8) is 0 Å². The maximum atomic E-state index is 13.1. The summed E-state index contributed by atoms with van der Waals surface area (Å²) in [6.07, 6.45) is -19.9. The summed E-state index contributed by atoms with van der Waals surface area (Å²) in [5.74, 6) is -42.7. The van der Waals surface area contributed by atoms with Gasteiger partial charge in [-0.25, -0.2) is 26.7 Å². The summed E-state index contributed by atoms with van der Waals surface area (Å²) < 4.78 is 191. The highest BCUT2D eigenvalue weighted by Crippen LogP contribution is 2.58.